The van der Waals surface area contributed by atoms with Crippen molar-refractivity contribution in [2.45, 2.75) is 38.9 Å². The number of hydrogen-bond donors (Lipinski definition) is 1. The molecule has 0 bridgehead atoms. The monoisotopic (exact) mass is 505 g/mol. The Morgan fingerprint density at radius 1 is 1.00 bits per heavy atom. The van der Waals surface area contributed by atoms with E-state index in [1.165, 1.54) is 17.2 Å². The highest BCUT2D eigenvalue weighted by molar-refractivity contribution is 5.85. The summed E-state index contributed by atoms with van der Waals surface area (Å²) in [6.45, 7) is 3.59. The molecule has 0 spiro atoms. The van der Waals surface area contributed by atoms with Crippen LogP contribution in [-0.4, -0.2) is 32.2 Å². The van der Waals surface area contributed by atoms with E-state index in [2.05, 4.69) is 27.2 Å². The molecule has 4 aromatic rings. The molecular weight excluding hydrogens is 481 g/mol. The summed E-state index contributed by atoms with van der Waals surface area (Å²) in [6.07, 6.45) is 1.44. The fourth-order valence-corrected chi connectivity index (χ4v) is 5.14. The minimum absolute atomic E-state index is 0. The zero-order valence-corrected chi connectivity index (χ0v) is 20.5. The van der Waals surface area contributed by atoms with Crippen molar-refractivity contribution in [2.24, 2.45) is 5.92 Å². The second-order valence-corrected chi connectivity index (χ2v) is 9.48. The molecule has 6 rings (SSSR count). The smallest absolute Gasteiger partial charge is 0.306 e. The number of aromatic nitrogens is 2. The number of nitrogens with zero attached hydrogens (tertiary/aromatic N) is 3. The van der Waals surface area contributed by atoms with Gasteiger partial charge in [0.2, 0.25) is 5.82 Å². The maximum Gasteiger partial charge on any atom is 0.306 e. The Balaban J connectivity index is 0.00000267. The summed E-state index contributed by atoms with van der Waals surface area (Å²) in [7, 11) is 0. The van der Waals surface area contributed by atoms with Crippen LogP contribution in [0.3, 0.4) is 0 Å². The lowest BCUT2D eigenvalue weighted by atomic mass is 9.79. The summed E-state index contributed by atoms with van der Waals surface area (Å²) in [5, 5.41) is 13.3. The molecular formula is C28H25ClFN3O3. The van der Waals surface area contributed by atoms with E-state index in [4.69, 9.17) is 9.63 Å². The number of rotatable bonds is 5. The third-order valence-corrected chi connectivity index (χ3v) is 7.25. The summed E-state index contributed by atoms with van der Waals surface area (Å²) in [6, 6.07) is 19.0. The predicted molar refractivity (Wildman–Crippen MR) is 136 cm³/mol. The highest BCUT2D eigenvalue weighted by atomic mass is 35.5. The van der Waals surface area contributed by atoms with Gasteiger partial charge in [0.25, 0.3) is 5.89 Å². The van der Waals surface area contributed by atoms with Crippen LogP contribution in [0.15, 0.2) is 65.2 Å². The molecule has 1 aliphatic heterocycles. The average Bonchev–Trinajstić information content (AvgIpc) is 3.45. The van der Waals surface area contributed by atoms with Crippen molar-refractivity contribution in [1.29, 1.82) is 0 Å². The van der Waals surface area contributed by atoms with E-state index in [1.807, 2.05) is 37.3 Å². The number of aliphatic carboxylic acids is 1. The van der Waals surface area contributed by atoms with E-state index >= 15 is 0 Å². The predicted octanol–water partition coefficient (Wildman–Crippen LogP) is 6.12. The molecule has 3 aromatic carbocycles. The Morgan fingerprint density at radius 3 is 2.50 bits per heavy atom. The zero-order chi connectivity index (χ0) is 24.1. The number of fused-ring (bicyclic) bond motifs is 1. The molecule has 1 saturated carbocycles. The van der Waals surface area contributed by atoms with Crippen LogP contribution in [0.1, 0.15) is 29.5 Å². The van der Waals surface area contributed by atoms with Crippen molar-refractivity contribution in [3.8, 4) is 34.0 Å². The standard InChI is InChI=1S/C28H24FN3O3.ClH/c1-16-10-18(8-9-23(16)24-4-2-3-5-25(24)29)27-30-26(31-35-27)17-6-7-19-14-32(15-21(19)11-17)22-12-20(13-22)28(33)34;/h2-11,20,22H,12-15H2,1H3,(H,33,34);1H. The first-order valence-electron chi connectivity index (χ1n) is 11.7. The van der Waals surface area contributed by atoms with E-state index in [1.54, 1.807) is 12.1 Å². The number of carboxylic acid groups (broad SMARTS) is 1. The molecule has 2 heterocycles. The fourth-order valence-electron chi connectivity index (χ4n) is 5.14. The van der Waals surface area contributed by atoms with Gasteiger partial charge in [0.05, 0.1) is 5.92 Å². The molecule has 1 fully saturated rings. The maximum atomic E-state index is 14.2. The Hall–Kier alpha value is -3.55. The molecule has 0 atom stereocenters. The molecule has 0 saturated heterocycles. The molecule has 0 amide bonds. The van der Waals surface area contributed by atoms with Gasteiger partial charge in [-0.25, -0.2) is 4.39 Å². The Kier molecular flexibility index (Phi) is 6.36. The van der Waals surface area contributed by atoms with Gasteiger partial charge < -0.3 is 9.63 Å². The van der Waals surface area contributed by atoms with Crippen LogP contribution in [0.4, 0.5) is 4.39 Å². The molecule has 184 valence electrons. The van der Waals surface area contributed by atoms with Crippen molar-refractivity contribution in [1.82, 2.24) is 15.0 Å². The van der Waals surface area contributed by atoms with Crippen LogP contribution in [0.5, 0.6) is 0 Å². The highest BCUT2D eigenvalue weighted by Crippen LogP contribution is 2.38. The van der Waals surface area contributed by atoms with Crippen LogP contribution in [0.2, 0.25) is 0 Å². The Morgan fingerprint density at radius 2 is 1.75 bits per heavy atom. The molecule has 6 nitrogen and oxygen atoms in total. The summed E-state index contributed by atoms with van der Waals surface area (Å²) >= 11 is 0. The van der Waals surface area contributed by atoms with Gasteiger partial charge in [0, 0.05) is 35.8 Å². The normalized spacial score (nSPS) is 18.8. The Bertz CT molecular complexity index is 1450. The van der Waals surface area contributed by atoms with Crippen molar-refractivity contribution in [2.75, 3.05) is 0 Å². The van der Waals surface area contributed by atoms with Crippen molar-refractivity contribution in [3.05, 3.63) is 83.2 Å². The van der Waals surface area contributed by atoms with Crippen LogP contribution < -0.4 is 0 Å². The van der Waals surface area contributed by atoms with Gasteiger partial charge >= 0.3 is 5.97 Å². The molecule has 0 unspecified atom stereocenters. The number of carboxylic acids is 1. The highest BCUT2D eigenvalue weighted by Gasteiger charge is 2.39. The van der Waals surface area contributed by atoms with Gasteiger partial charge in [0.1, 0.15) is 5.82 Å². The molecule has 1 aromatic heterocycles. The molecule has 8 heteroatoms. The van der Waals surface area contributed by atoms with E-state index in [9.17, 15) is 9.18 Å². The SMILES string of the molecule is Cc1cc(-c2nc(-c3ccc4c(c3)CN(C3CC(C(=O)O)C3)C4)no2)ccc1-c1ccccc1F.Cl. The molecule has 0 radical (unpaired) electrons. The second-order valence-electron chi connectivity index (χ2n) is 9.48. The first-order chi connectivity index (χ1) is 17.0. The van der Waals surface area contributed by atoms with E-state index in [0.717, 1.165) is 48.2 Å². The van der Waals surface area contributed by atoms with Gasteiger partial charge in [-0.3, -0.25) is 9.69 Å². The maximum absolute atomic E-state index is 14.2. The molecule has 1 N–H and O–H groups in total. The minimum atomic E-state index is -0.690. The lowest BCUT2D eigenvalue weighted by molar-refractivity contribution is -0.147. The van der Waals surface area contributed by atoms with Crippen LogP contribution >= 0.6 is 12.4 Å². The topological polar surface area (TPSA) is 79.5 Å². The molecule has 2 aliphatic rings. The van der Waals surface area contributed by atoms with Crippen LogP contribution in [-0.2, 0) is 17.9 Å². The third-order valence-electron chi connectivity index (χ3n) is 7.25. The number of halogens is 2. The third kappa shape index (κ3) is 4.29. The van der Waals surface area contributed by atoms with E-state index in [0.29, 0.717) is 23.3 Å². The largest absolute Gasteiger partial charge is 0.481 e. The van der Waals surface area contributed by atoms with Gasteiger partial charge in [-0.15, -0.1) is 12.4 Å². The summed E-state index contributed by atoms with van der Waals surface area (Å²) in [4.78, 5) is 18.1. The Labute approximate surface area is 214 Å². The van der Waals surface area contributed by atoms with Crippen LogP contribution in [0, 0.1) is 18.7 Å². The first kappa shape index (κ1) is 24.2. The van der Waals surface area contributed by atoms with E-state index in [-0.39, 0.29) is 24.1 Å². The summed E-state index contributed by atoms with van der Waals surface area (Å²) < 4.78 is 19.8. The van der Waals surface area contributed by atoms with Crippen molar-refractivity contribution < 1.29 is 18.8 Å². The lowest BCUT2D eigenvalue weighted by Gasteiger charge is -2.39. The van der Waals surface area contributed by atoms with Gasteiger partial charge in [0.15, 0.2) is 0 Å². The first-order valence-corrected chi connectivity index (χ1v) is 11.7. The van der Waals surface area contributed by atoms with Crippen molar-refractivity contribution in [3.63, 3.8) is 0 Å². The molecule has 36 heavy (non-hydrogen) atoms. The van der Waals surface area contributed by atoms with Gasteiger partial charge in [-0.1, -0.05) is 41.6 Å². The molecule has 1 aliphatic carbocycles. The zero-order valence-electron chi connectivity index (χ0n) is 19.6. The summed E-state index contributed by atoms with van der Waals surface area (Å²) in [5.41, 5.74) is 6.47. The van der Waals surface area contributed by atoms with E-state index < -0.39 is 5.97 Å². The fraction of sp³-hybridized carbons (Fsp3) is 0.250. The van der Waals surface area contributed by atoms with Gasteiger partial charge in [-0.05, 0) is 66.3 Å². The lowest BCUT2D eigenvalue weighted by Crippen LogP contribution is -2.44. The average molecular weight is 506 g/mol. The van der Waals surface area contributed by atoms with Gasteiger partial charge in [-0.2, -0.15) is 4.98 Å². The second kappa shape index (κ2) is 9.48. The number of carbonyl (C=O) groups is 1. The minimum Gasteiger partial charge on any atom is -0.481 e. The quantitative estimate of drug-likeness (QED) is 0.352. The number of benzene rings is 3. The van der Waals surface area contributed by atoms with Crippen LogP contribution in [0.25, 0.3) is 34.0 Å². The van der Waals surface area contributed by atoms with Crippen molar-refractivity contribution >= 4 is 18.4 Å². The number of hydrogen-bond acceptors (Lipinski definition) is 5. The number of aryl methyl sites for hydroxylation is 1. The summed E-state index contributed by atoms with van der Waals surface area (Å²) in [5.74, 6) is -0.213.